The molecule has 0 atom stereocenters. The van der Waals surface area contributed by atoms with Crippen molar-refractivity contribution in [3.63, 3.8) is 0 Å². The third kappa shape index (κ3) is 4.53. The quantitative estimate of drug-likeness (QED) is 0.400. The number of halogens is 6. The Bertz CT molecular complexity index is 1020. The summed E-state index contributed by atoms with van der Waals surface area (Å²) in [5.41, 5.74) is -3.48. The van der Waals surface area contributed by atoms with Crippen molar-refractivity contribution in [1.29, 1.82) is 0 Å². The maximum atomic E-state index is 14.3. The summed E-state index contributed by atoms with van der Waals surface area (Å²) in [6.07, 6.45) is -3.28. The number of esters is 1. The third-order valence-electron chi connectivity index (χ3n) is 3.57. The lowest BCUT2D eigenvalue weighted by molar-refractivity contribution is -0.139. The number of ether oxygens (including phenoxy) is 1. The van der Waals surface area contributed by atoms with E-state index in [1.54, 1.807) is 6.92 Å². The van der Waals surface area contributed by atoms with Crippen molar-refractivity contribution in [3.8, 4) is 5.69 Å². The predicted molar refractivity (Wildman–Crippen MR) is 95.0 cm³/mol. The lowest BCUT2D eigenvalue weighted by atomic mass is 10.1. The van der Waals surface area contributed by atoms with Crippen molar-refractivity contribution >= 4 is 35.2 Å². The topological polar surface area (TPSA) is 61.2 Å². The largest absolute Gasteiger partial charge is 0.462 e. The van der Waals surface area contributed by atoms with Gasteiger partial charge in [-0.1, -0.05) is 23.2 Å². The molecule has 0 N–H and O–H groups in total. The monoisotopic (exact) mass is 438 g/mol. The average molecular weight is 439 g/mol. The minimum absolute atomic E-state index is 0.0300. The Labute approximate surface area is 166 Å². The minimum Gasteiger partial charge on any atom is -0.462 e. The number of carbonyl (C=O) groups excluding carboxylic acids is 1. The summed E-state index contributed by atoms with van der Waals surface area (Å²) in [5.74, 6) is -1.87. The Morgan fingerprint density at radius 1 is 1.36 bits per heavy atom. The molecule has 0 spiro atoms. The summed E-state index contributed by atoms with van der Waals surface area (Å²) >= 11 is 11.7. The molecule has 0 unspecified atom stereocenters. The van der Waals surface area contributed by atoms with E-state index in [1.165, 1.54) is 0 Å². The molecule has 11 heteroatoms. The van der Waals surface area contributed by atoms with Crippen LogP contribution in [-0.4, -0.2) is 22.4 Å². The first-order chi connectivity index (χ1) is 13.0. The van der Waals surface area contributed by atoms with Crippen molar-refractivity contribution in [2.24, 2.45) is 0 Å². The van der Waals surface area contributed by atoms with Crippen molar-refractivity contribution in [2.75, 3.05) is 6.61 Å². The van der Waals surface area contributed by atoms with Gasteiger partial charge in [-0.25, -0.2) is 9.18 Å². The van der Waals surface area contributed by atoms with Gasteiger partial charge in [0.05, 0.1) is 23.4 Å². The Kier molecular flexibility index (Phi) is 6.51. The van der Waals surface area contributed by atoms with Crippen molar-refractivity contribution in [2.45, 2.75) is 20.0 Å². The number of aromatic nitrogens is 2. The van der Waals surface area contributed by atoms with Gasteiger partial charge < -0.3 is 4.74 Å². The standard InChI is InChI=1S/C17H12Cl2F4N2O3/c1-3-28-16(27)12(19)4-9-5-14(13(20)6-11(9)18)25-15(26)8(2)10(7-24-25)17(21,22)23/h4-7H,3H2,1-2H3. The molecular formula is C17H12Cl2F4N2O3. The number of hydrogen-bond donors (Lipinski definition) is 0. The van der Waals surface area contributed by atoms with Gasteiger partial charge in [-0.15, -0.1) is 0 Å². The van der Waals surface area contributed by atoms with E-state index in [9.17, 15) is 27.2 Å². The first-order valence-electron chi connectivity index (χ1n) is 7.67. The number of rotatable bonds is 4. The molecule has 2 aromatic rings. The highest BCUT2D eigenvalue weighted by Crippen LogP contribution is 2.30. The van der Waals surface area contributed by atoms with Gasteiger partial charge in [0.15, 0.2) is 5.82 Å². The molecule has 0 radical (unpaired) electrons. The minimum atomic E-state index is -4.78. The summed E-state index contributed by atoms with van der Waals surface area (Å²) in [6.45, 7) is 2.58. The average Bonchev–Trinajstić information content (AvgIpc) is 2.59. The second kappa shape index (κ2) is 8.32. The van der Waals surface area contributed by atoms with Gasteiger partial charge in [0.25, 0.3) is 5.56 Å². The maximum Gasteiger partial charge on any atom is 0.418 e. The van der Waals surface area contributed by atoms with E-state index in [1.807, 2.05) is 0 Å². The van der Waals surface area contributed by atoms with E-state index in [4.69, 9.17) is 27.9 Å². The lowest BCUT2D eigenvalue weighted by Gasteiger charge is -2.13. The number of hydrogen-bond acceptors (Lipinski definition) is 4. The van der Waals surface area contributed by atoms with E-state index in [0.29, 0.717) is 10.9 Å². The molecule has 0 fully saturated rings. The molecule has 28 heavy (non-hydrogen) atoms. The normalized spacial score (nSPS) is 12.2. The Morgan fingerprint density at radius 2 is 2.00 bits per heavy atom. The molecule has 0 aliphatic carbocycles. The second-order valence-corrected chi connectivity index (χ2v) is 6.25. The molecule has 5 nitrogen and oxygen atoms in total. The van der Waals surface area contributed by atoms with Crippen LogP contribution in [0.2, 0.25) is 5.02 Å². The van der Waals surface area contributed by atoms with E-state index in [2.05, 4.69) is 5.10 Å². The van der Waals surface area contributed by atoms with Gasteiger partial charge in [0, 0.05) is 5.56 Å². The van der Waals surface area contributed by atoms with E-state index >= 15 is 0 Å². The van der Waals surface area contributed by atoms with Gasteiger partial charge in [0.1, 0.15) is 10.7 Å². The highest BCUT2D eigenvalue weighted by atomic mass is 35.5. The van der Waals surface area contributed by atoms with Crippen LogP contribution in [-0.2, 0) is 15.7 Å². The Balaban J connectivity index is 2.63. The zero-order chi connectivity index (χ0) is 21.2. The first kappa shape index (κ1) is 21.9. The highest BCUT2D eigenvalue weighted by molar-refractivity contribution is 6.43. The predicted octanol–water partition coefficient (Wildman–Crippen LogP) is 4.50. The molecule has 1 aromatic carbocycles. The molecule has 2 rings (SSSR count). The van der Waals surface area contributed by atoms with Gasteiger partial charge in [-0.2, -0.15) is 23.0 Å². The van der Waals surface area contributed by atoms with Gasteiger partial charge in [-0.05, 0) is 37.6 Å². The molecule has 150 valence electrons. The first-order valence-corrected chi connectivity index (χ1v) is 8.42. The summed E-state index contributed by atoms with van der Waals surface area (Å²) in [7, 11) is 0. The van der Waals surface area contributed by atoms with E-state index < -0.39 is 40.3 Å². The molecule has 0 saturated heterocycles. The molecule has 1 aromatic heterocycles. The van der Waals surface area contributed by atoms with Gasteiger partial charge in [0.2, 0.25) is 0 Å². The van der Waals surface area contributed by atoms with Crippen LogP contribution in [0.3, 0.4) is 0 Å². The fourth-order valence-corrected chi connectivity index (χ4v) is 2.60. The van der Waals surface area contributed by atoms with Crippen LogP contribution in [0.4, 0.5) is 17.6 Å². The Hall–Kier alpha value is -2.39. The van der Waals surface area contributed by atoms with E-state index in [-0.39, 0.29) is 22.2 Å². The number of benzene rings is 1. The second-order valence-electron chi connectivity index (χ2n) is 5.44. The van der Waals surface area contributed by atoms with Gasteiger partial charge >= 0.3 is 12.1 Å². The van der Waals surface area contributed by atoms with Crippen LogP contribution in [0.25, 0.3) is 11.8 Å². The molecule has 0 aliphatic heterocycles. The van der Waals surface area contributed by atoms with Crippen LogP contribution < -0.4 is 5.56 Å². The van der Waals surface area contributed by atoms with Crippen molar-refractivity contribution in [3.05, 3.63) is 61.2 Å². The summed E-state index contributed by atoms with van der Waals surface area (Å²) < 4.78 is 58.2. The molecular weight excluding hydrogens is 427 g/mol. The summed E-state index contributed by atoms with van der Waals surface area (Å²) in [4.78, 5) is 23.9. The molecule has 0 saturated carbocycles. The number of nitrogens with zero attached hydrogens (tertiary/aromatic N) is 2. The fourth-order valence-electron chi connectivity index (χ4n) is 2.22. The van der Waals surface area contributed by atoms with Crippen molar-refractivity contribution in [1.82, 2.24) is 9.78 Å². The molecule has 1 heterocycles. The Morgan fingerprint density at radius 3 is 2.57 bits per heavy atom. The van der Waals surface area contributed by atoms with Crippen LogP contribution in [0.5, 0.6) is 0 Å². The smallest absolute Gasteiger partial charge is 0.418 e. The highest BCUT2D eigenvalue weighted by Gasteiger charge is 2.34. The maximum absolute atomic E-state index is 14.3. The summed E-state index contributed by atoms with van der Waals surface area (Å²) in [6, 6.07) is 1.85. The third-order valence-corrected chi connectivity index (χ3v) is 4.16. The SMILES string of the molecule is CCOC(=O)C(Cl)=Cc1cc(-n2ncc(C(F)(F)F)c(C)c2=O)c(F)cc1Cl. The van der Waals surface area contributed by atoms with Crippen LogP contribution in [0, 0.1) is 12.7 Å². The zero-order valence-corrected chi connectivity index (χ0v) is 15.9. The number of carbonyl (C=O) groups is 1. The van der Waals surface area contributed by atoms with Crippen molar-refractivity contribution < 1.29 is 27.1 Å². The van der Waals surface area contributed by atoms with Crippen LogP contribution in [0.1, 0.15) is 23.6 Å². The number of alkyl halides is 3. The van der Waals surface area contributed by atoms with Gasteiger partial charge in [-0.3, -0.25) is 4.79 Å². The lowest BCUT2D eigenvalue weighted by Crippen LogP contribution is -2.28. The molecule has 0 bridgehead atoms. The molecule has 0 aliphatic rings. The van der Waals surface area contributed by atoms with E-state index in [0.717, 1.165) is 25.1 Å². The van der Waals surface area contributed by atoms with Crippen LogP contribution in [0.15, 0.2) is 28.2 Å². The fraction of sp³-hybridized carbons (Fsp3) is 0.235. The summed E-state index contributed by atoms with van der Waals surface area (Å²) in [5, 5.41) is 2.88. The molecule has 0 amide bonds. The van der Waals surface area contributed by atoms with Crippen LogP contribution >= 0.6 is 23.2 Å². The zero-order valence-electron chi connectivity index (χ0n) is 14.4.